The lowest BCUT2D eigenvalue weighted by Crippen LogP contribution is -2.36. The molecule has 0 radical (unpaired) electrons. The molecule has 2 atom stereocenters. The van der Waals surface area contributed by atoms with Crippen LogP contribution in [0.2, 0.25) is 0 Å². The monoisotopic (exact) mass is 537 g/mol. The van der Waals surface area contributed by atoms with Gasteiger partial charge in [0.1, 0.15) is 24.7 Å². The van der Waals surface area contributed by atoms with E-state index in [9.17, 15) is 9.59 Å². The van der Waals surface area contributed by atoms with Gasteiger partial charge in [-0.05, 0) is 56.9 Å². The van der Waals surface area contributed by atoms with Gasteiger partial charge in [0.2, 0.25) is 0 Å². The minimum atomic E-state index is -0.599. The number of Topliss-reactive ketones (excluding diaryl/α,β-unsaturated/α-hetero) is 1. The van der Waals surface area contributed by atoms with Gasteiger partial charge in [0.05, 0.1) is 17.6 Å². The molecule has 0 amide bonds. The molecule has 3 aromatic rings. The summed E-state index contributed by atoms with van der Waals surface area (Å²) in [7, 11) is 0. The molecule has 1 N–H and O–H groups in total. The molecule has 0 spiro atoms. The number of rotatable bonds is 9. The van der Waals surface area contributed by atoms with E-state index in [-0.39, 0.29) is 31.0 Å². The summed E-state index contributed by atoms with van der Waals surface area (Å²) in [6.45, 7) is 6.10. The fraction of sp³-hybridized carbons (Fsp3) is 0.294. The molecule has 0 aromatic heterocycles. The van der Waals surface area contributed by atoms with Crippen molar-refractivity contribution in [3.05, 3.63) is 119 Å². The highest BCUT2D eigenvalue weighted by molar-refractivity contribution is 6.04. The number of dihydropyridines is 1. The zero-order valence-electron chi connectivity index (χ0n) is 23.2. The zero-order valence-corrected chi connectivity index (χ0v) is 23.2. The second-order valence-electron chi connectivity index (χ2n) is 10.4. The summed E-state index contributed by atoms with van der Waals surface area (Å²) in [5.41, 5.74) is 4.49. The summed E-state index contributed by atoms with van der Waals surface area (Å²) in [6.07, 6.45) is 0.983. The Morgan fingerprint density at radius 3 is 2.30 bits per heavy atom. The predicted molar refractivity (Wildman–Crippen MR) is 154 cm³/mol. The average Bonchev–Trinajstić information content (AvgIpc) is 2.95. The van der Waals surface area contributed by atoms with E-state index in [1.54, 1.807) is 0 Å². The van der Waals surface area contributed by atoms with Crippen LogP contribution in [-0.4, -0.2) is 31.1 Å². The van der Waals surface area contributed by atoms with E-state index in [1.165, 1.54) is 0 Å². The van der Waals surface area contributed by atoms with Gasteiger partial charge in [0, 0.05) is 29.0 Å². The van der Waals surface area contributed by atoms with Crippen molar-refractivity contribution in [1.29, 1.82) is 0 Å². The van der Waals surface area contributed by atoms with Crippen LogP contribution >= 0.6 is 0 Å². The molecule has 206 valence electrons. The van der Waals surface area contributed by atoms with Crippen molar-refractivity contribution in [2.75, 3.05) is 13.2 Å². The maximum Gasteiger partial charge on any atom is 0.336 e. The van der Waals surface area contributed by atoms with Gasteiger partial charge in [0.15, 0.2) is 5.78 Å². The van der Waals surface area contributed by atoms with E-state index in [1.807, 2.05) is 93.6 Å². The van der Waals surface area contributed by atoms with Crippen LogP contribution in [0.4, 0.5) is 0 Å². The van der Waals surface area contributed by atoms with Gasteiger partial charge in [0.25, 0.3) is 0 Å². The zero-order chi connectivity index (χ0) is 28.1. The summed E-state index contributed by atoms with van der Waals surface area (Å²) >= 11 is 0. The van der Waals surface area contributed by atoms with Gasteiger partial charge >= 0.3 is 5.97 Å². The Bertz CT molecular complexity index is 1420. The lowest BCUT2D eigenvalue weighted by molar-refractivity contribution is -0.140. The molecule has 5 rings (SSSR count). The van der Waals surface area contributed by atoms with Crippen LogP contribution in [0.1, 0.15) is 56.6 Å². The topological polar surface area (TPSA) is 73.9 Å². The van der Waals surface area contributed by atoms with E-state index >= 15 is 0 Å². The molecule has 1 aliphatic carbocycles. The third kappa shape index (κ3) is 5.96. The van der Waals surface area contributed by atoms with Crippen molar-refractivity contribution < 1.29 is 23.8 Å². The third-order valence-electron chi connectivity index (χ3n) is 7.24. The summed E-state index contributed by atoms with van der Waals surface area (Å²) in [5.74, 6) is 0.381. The molecule has 0 fully saturated rings. The van der Waals surface area contributed by atoms with Gasteiger partial charge in [-0.3, -0.25) is 4.79 Å². The summed E-state index contributed by atoms with van der Waals surface area (Å²) < 4.78 is 17.6. The summed E-state index contributed by atoms with van der Waals surface area (Å²) in [5, 5.41) is 3.42. The first-order valence-electron chi connectivity index (χ1n) is 13.8. The first-order chi connectivity index (χ1) is 19.4. The number of esters is 1. The lowest BCUT2D eigenvalue weighted by Gasteiger charge is -2.37. The molecule has 2 aliphatic rings. The summed E-state index contributed by atoms with van der Waals surface area (Å²) in [4.78, 5) is 27.5. The molecule has 0 saturated heterocycles. The molecular formula is C34H35NO5. The Hall–Kier alpha value is -4.32. The Morgan fingerprint density at radius 1 is 0.900 bits per heavy atom. The Labute approximate surface area is 235 Å². The molecule has 0 saturated carbocycles. The predicted octanol–water partition coefficient (Wildman–Crippen LogP) is 6.46. The van der Waals surface area contributed by atoms with E-state index in [4.69, 9.17) is 14.2 Å². The van der Waals surface area contributed by atoms with Crippen molar-refractivity contribution in [3.63, 3.8) is 0 Å². The number of benzene rings is 3. The second-order valence-corrected chi connectivity index (χ2v) is 10.4. The van der Waals surface area contributed by atoms with Crippen LogP contribution < -0.4 is 14.8 Å². The second kappa shape index (κ2) is 12.2. The first-order valence-corrected chi connectivity index (χ1v) is 13.8. The summed E-state index contributed by atoms with van der Waals surface area (Å²) in [6, 6.07) is 27.2. The number of allylic oxidation sites excluding steroid dienone is 3. The number of ketones is 1. The van der Waals surface area contributed by atoms with Crippen molar-refractivity contribution in [2.24, 2.45) is 0 Å². The molecular weight excluding hydrogens is 502 g/mol. The van der Waals surface area contributed by atoms with Gasteiger partial charge in [-0.2, -0.15) is 0 Å². The minimum Gasteiger partial charge on any atom is -0.491 e. The number of hydrogen-bond donors (Lipinski definition) is 1. The van der Waals surface area contributed by atoms with E-state index in [0.717, 1.165) is 16.8 Å². The quantitative estimate of drug-likeness (QED) is 0.250. The lowest BCUT2D eigenvalue weighted by atomic mass is 9.71. The Kier molecular flexibility index (Phi) is 8.34. The molecule has 40 heavy (non-hydrogen) atoms. The van der Waals surface area contributed by atoms with Crippen molar-refractivity contribution in [2.45, 2.75) is 51.6 Å². The Balaban J connectivity index is 1.47. The fourth-order valence-corrected chi connectivity index (χ4v) is 5.55. The maximum atomic E-state index is 13.9. The highest BCUT2D eigenvalue weighted by Crippen LogP contribution is 2.47. The molecule has 2 unspecified atom stereocenters. The van der Waals surface area contributed by atoms with E-state index in [0.29, 0.717) is 41.2 Å². The van der Waals surface area contributed by atoms with Gasteiger partial charge in [-0.25, -0.2) is 4.79 Å². The molecule has 1 aliphatic heterocycles. The average molecular weight is 538 g/mol. The highest BCUT2D eigenvalue weighted by atomic mass is 16.6. The number of nitrogens with one attached hydrogen (secondary N) is 1. The van der Waals surface area contributed by atoms with Crippen molar-refractivity contribution in [1.82, 2.24) is 5.32 Å². The smallest absolute Gasteiger partial charge is 0.336 e. The number of para-hydroxylation sites is 2. The number of carbonyl (C=O) groups excluding carboxylic acids is 2. The Morgan fingerprint density at radius 2 is 1.57 bits per heavy atom. The minimum absolute atomic E-state index is 0.0252. The highest BCUT2D eigenvalue weighted by Gasteiger charge is 2.42. The largest absolute Gasteiger partial charge is 0.491 e. The number of hydrogen-bond acceptors (Lipinski definition) is 6. The van der Waals surface area contributed by atoms with Crippen molar-refractivity contribution in [3.8, 4) is 11.5 Å². The van der Waals surface area contributed by atoms with Crippen LogP contribution in [0.15, 0.2) is 107 Å². The molecule has 0 bridgehead atoms. The van der Waals surface area contributed by atoms with Gasteiger partial charge in [-0.1, -0.05) is 66.7 Å². The van der Waals surface area contributed by atoms with Crippen LogP contribution in [0.5, 0.6) is 11.5 Å². The third-order valence-corrected chi connectivity index (χ3v) is 7.24. The fourth-order valence-electron chi connectivity index (χ4n) is 5.55. The van der Waals surface area contributed by atoms with Crippen LogP contribution in [-0.2, 0) is 14.3 Å². The molecule has 6 nitrogen and oxygen atoms in total. The normalized spacial score (nSPS) is 18.8. The first kappa shape index (κ1) is 27.3. The van der Waals surface area contributed by atoms with Crippen LogP contribution in [0.3, 0.4) is 0 Å². The number of carbonyl (C=O) groups is 2. The maximum absolute atomic E-state index is 13.9. The van der Waals surface area contributed by atoms with Crippen LogP contribution in [0, 0.1) is 0 Å². The molecule has 3 aromatic carbocycles. The SMILES string of the molecule is CC1=C(C(=O)OCCOc2ccccc2)C(c2ccccc2OC(C)C)C2=C(CC(c3ccccc3)CC2=O)N1. The van der Waals surface area contributed by atoms with Gasteiger partial charge in [-0.15, -0.1) is 0 Å². The van der Waals surface area contributed by atoms with E-state index < -0.39 is 11.9 Å². The van der Waals surface area contributed by atoms with Gasteiger partial charge < -0.3 is 19.5 Å². The standard InChI is InChI=1S/C34H35NO5/c1-22(2)40-30-17-11-10-16-27(30)32-31(34(37)39-19-18-38-26-14-8-5-9-15-26)23(3)35-28-20-25(21-29(36)33(28)32)24-12-6-4-7-13-24/h4-17,22,25,32,35H,18-21H2,1-3H3. The van der Waals surface area contributed by atoms with E-state index in [2.05, 4.69) is 17.4 Å². The molecule has 6 heteroatoms. The molecule has 1 heterocycles. The van der Waals surface area contributed by atoms with Crippen LogP contribution in [0.25, 0.3) is 0 Å². The number of ether oxygens (including phenoxy) is 3. The van der Waals surface area contributed by atoms with Crippen molar-refractivity contribution >= 4 is 11.8 Å².